The Hall–Kier alpha value is -3.15. The summed E-state index contributed by atoms with van der Waals surface area (Å²) in [6.45, 7) is 7.56. The van der Waals surface area contributed by atoms with Crippen LogP contribution in [0.3, 0.4) is 0 Å². The average molecular weight is 513 g/mol. The maximum atomic E-state index is 6.00. The van der Waals surface area contributed by atoms with Crippen molar-refractivity contribution < 1.29 is 23.7 Å². The molecule has 0 atom stereocenters. The minimum atomic E-state index is 0.343. The van der Waals surface area contributed by atoms with Gasteiger partial charge in [0.25, 0.3) is 0 Å². The van der Waals surface area contributed by atoms with E-state index in [4.69, 9.17) is 28.8 Å². The highest BCUT2D eigenvalue weighted by molar-refractivity contribution is 6.03. The molecule has 2 saturated heterocycles. The van der Waals surface area contributed by atoms with Gasteiger partial charge >= 0.3 is 6.01 Å². The van der Waals surface area contributed by atoms with Gasteiger partial charge < -0.3 is 28.6 Å². The van der Waals surface area contributed by atoms with E-state index in [2.05, 4.69) is 25.2 Å². The Morgan fingerprint density at radius 3 is 2.41 bits per heavy atom. The standard InChI is InChI=1S/C26H36N6O5/c1-33-22-16-19-4-3-5-21(20(19)17-23(22)34-2)29-30-24-18-25(32-9-13-36-14-10-32)28-26(27-24)37-15-8-31-6-11-35-12-7-31/h16-18H,3-15H2,1-2H3,(H,27,28,30)/b29-21+. The third-order valence-corrected chi connectivity index (χ3v) is 6.85. The van der Waals surface area contributed by atoms with Crippen LogP contribution in [0, 0.1) is 0 Å². The summed E-state index contributed by atoms with van der Waals surface area (Å²) in [6.07, 6.45) is 2.85. The Bertz CT molecular complexity index is 1090. The van der Waals surface area contributed by atoms with Crippen LogP contribution in [0.5, 0.6) is 17.5 Å². The first-order chi connectivity index (χ1) is 18.2. The largest absolute Gasteiger partial charge is 0.493 e. The first-order valence-corrected chi connectivity index (χ1v) is 13.0. The van der Waals surface area contributed by atoms with Crippen molar-refractivity contribution >= 4 is 17.3 Å². The number of aryl methyl sites for hydroxylation is 1. The molecule has 37 heavy (non-hydrogen) atoms. The molecule has 11 nitrogen and oxygen atoms in total. The van der Waals surface area contributed by atoms with E-state index in [-0.39, 0.29) is 0 Å². The number of anilines is 2. The Kier molecular flexibility index (Phi) is 8.54. The van der Waals surface area contributed by atoms with Gasteiger partial charge in [0, 0.05) is 44.4 Å². The van der Waals surface area contributed by atoms with Crippen LogP contribution in [-0.4, -0.2) is 101 Å². The quantitative estimate of drug-likeness (QED) is 0.503. The molecule has 0 spiro atoms. The lowest BCUT2D eigenvalue weighted by Gasteiger charge is -2.28. The summed E-state index contributed by atoms with van der Waals surface area (Å²) in [6, 6.07) is 6.32. The van der Waals surface area contributed by atoms with Gasteiger partial charge in [-0.3, -0.25) is 10.3 Å². The number of methoxy groups -OCH3 is 2. The normalized spacial score (nSPS) is 19.4. The van der Waals surface area contributed by atoms with Crippen LogP contribution in [0.2, 0.25) is 0 Å². The molecule has 1 aromatic heterocycles. The first kappa shape index (κ1) is 25.5. The van der Waals surface area contributed by atoms with Gasteiger partial charge in [-0.2, -0.15) is 15.1 Å². The molecule has 0 radical (unpaired) electrons. The number of hydrazone groups is 1. The molecule has 2 aromatic rings. The Balaban J connectivity index is 1.35. The molecule has 5 rings (SSSR count). The lowest BCUT2D eigenvalue weighted by atomic mass is 9.89. The molecular formula is C26H36N6O5. The number of ether oxygens (including phenoxy) is 5. The van der Waals surface area contributed by atoms with Gasteiger partial charge in [-0.15, -0.1) is 0 Å². The van der Waals surface area contributed by atoms with Gasteiger partial charge in [0.15, 0.2) is 17.3 Å². The summed E-state index contributed by atoms with van der Waals surface area (Å²) >= 11 is 0. The number of hydrogen-bond acceptors (Lipinski definition) is 11. The van der Waals surface area contributed by atoms with E-state index in [9.17, 15) is 0 Å². The zero-order valence-corrected chi connectivity index (χ0v) is 21.7. The van der Waals surface area contributed by atoms with Crippen molar-refractivity contribution in [3.05, 3.63) is 29.3 Å². The molecule has 1 aromatic carbocycles. The summed E-state index contributed by atoms with van der Waals surface area (Å²) in [5.41, 5.74) is 6.41. The predicted molar refractivity (Wildman–Crippen MR) is 140 cm³/mol. The highest BCUT2D eigenvalue weighted by Gasteiger charge is 2.21. The maximum Gasteiger partial charge on any atom is 0.320 e. The van der Waals surface area contributed by atoms with Crippen molar-refractivity contribution in [2.45, 2.75) is 19.3 Å². The van der Waals surface area contributed by atoms with Gasteiger partial charge in [-0.1, -0.05) is 0 Å². The van der Waals surface area contributed by atoms with Gasteiger partial charge in [-0.25, -0.2) is 0 Å². The topological polar surface area (TPSA) is 103 Å². The zero-order chi connectivity index (χ0) is 25.5. The van der Waals surface area contributed by atoms with Gasteiger partial charge in [0.1, 0.15) is 12.4 Å². The van der Waals surface area contributed by atoms with E-state index < -0.39 is 0 Å². The number of fused-ring (bicyclic) bond motifs is 1. The molecule has 2 fully saturated rings. The van der Waals surface area contributed by atoms with Crippen LogP contribution in [0.15, 0.2) is 23.3 Å². The van der Waals surface area contributed by atoms with Crippen molar-refractivity contribution in [2.24, 2.45) is 5.10 Å². The van der Waals surface area contributed by atoms with E-state index in [0.29, 0.717) is 37.4 Å². The SMILES string of the molecule is COc1cc2c(cc1OC)/C(=N/Nc1cc(N3CCOCC3)nc(OCCN3CCOCC3)n1)CCC2. The predicted octanol–water partition coefficient (Wildman–Crippen LogP) is 2.19. The number of rotatable bonds is 9. The third-order valence-electron chi connectivity index (χ3n) is 6.85. The third kappa shape index (κ3) is 6.41. The highest BCUT2D eigenvalue weighted by atomic mass is 16.5. The molecule has 0 unspecified atom stereocenters. The molecule has 0 amide bonds. The smallest absolute Gasteiger partial charge is 0.320 e. The van der Waals surface area contributed by atoms with Gasteiger partial charge in [0.2, 0.25) is 0 Å². The number of nitrogens with zero attached hydrogens (tertiary/aromatic N) is 5. The molecule has 1 N–H and O–H groups in total. The lowest BCUT2D eigenvalue weighted by Crippen LogP contribution is -2.39. The van der Waals surface area contributed by atoms with Crippen molar-refractivity contribution in [1.29, 1.82) is 0 Å². The van der Waals surface area contributed by atoms with E-state index in [0.717, 1.165) is 88.0 Å². The van der Waals surface area contributed by atoms with Crippen molar-refractivity contribution in [1.82, 2.24) is 14.9 Å². The minimum Gasteiger partial charge on any atom is -0.493 e. The molecule has 200 valence electrons. The molecular weight excluding hydrogens is 476 g/mol. The van der Waals surface area contributed by atoms with Crippen LogP contribution in [0.25, 0.3) is 0 Å². The summed E-state index contributed by atoms with van der Waals surface area (Å²) in [5.74, 6) is 2.83. The highest BCUT2D eigenvalue weighted by Crippen LogP contribution is 2.34. The molecule has 3 aliphatic rings. The van der Waals surface area contributed by atoms with Crippen LogP contribution < -0.4 is 24.5 Å². The Morgan fingerprint density at radius 1 is 0.919 bits per heavy atom. The van der Waals surface area contributed by atoms with Crippen LogP contribution in [0.1, 0.15) is 24.0 Å². The van der Waals surface area contributed by atoms with E-state index in [1.165, 1.54) is 5.56 Å². The monoisotopic (exact) mass is 512 g/mol. The zero-order valence-electron chi connectivity index (χ0n) is 21.7. The van der Waals surface area contributed by atoms with Crippen molar-refractivity contribution in [3.8, 4) is 17.5 Å². The molecule has 0 saturated carbocycles. The summed E-state index contributed by atoms with van der Waals surface area (Å²) in [7, 11) is 3.31. The second-order valence-electron chi connectivity index (χ2n) is 9.18. The van der Waals surface area contributed by atoms with E-state index in [1.54, 1.807) is 14.2 Å². The molecule has 0 bridgehead atoms. The molecule has 11 heteroatoms. The van der Waals surface area contributed by atoms with E-state index in [1.807, 2.05) is 18.2 Å². The van der Waals surface area contributed by atoms with Crippen LogP contribution in [0.4, 0.5) is 11.6 Å². The number of nitrogens with one attached hydrogen (secondary N) is 1. The van der Waals surface area contributed by atoms with Gasteiger partial charge in [-0.05, 0) is 37.0 Å². The first-order valence-electron chi connectivity index (χ1n) is 13.0. The second-order valence-corrected chi connectivity index (χ2v) is 9.18. The molecule has 2 aliphatic heterocycles. The number of benzene rings is 1. The van der Waals surface area contributed by atoms with Crippen LogP contribution >= 0.6 is 0 Å². The Morgan fingerprint density at radius 2 is 1.65 bits per heavy atom. The van der Waals surface area contributed by atoms with E-state index >= 15 is 0 Å². The second kappa shape index (κ2) is 12.4. The maximum absolute atomic E-state index is 6.00. The molecule has 3 heterocycles. The summed E-state index contributed by atoms with van der Waals surface area (Å²) in [5, 5.41) is 4.77. The number of aromatic nitrogens is 2. The van der Waals surface area contributed by atoms with Gasteiger partial charge in [0.05, 0.1) is 46.4 Å². The van der Waals surface area contributed by atoms with Crippen molar-refractivity contribution in [3.63, 3.8) is 0 Å². The summed E-state index contributed by atoms with van der Waals surface area (Å²) in [4.78, 5) is 13.8. The summed E-state index contributed by atoms with van der Waals surface area (Å²) < 4.78 is 28.0. The fourth-order valence-electron chi connectivity index (χ4n) is 4.80. The minimum absolute atomic E-state index is 0.343. The number of hydrogen-bond donors (Lipinski definition) is 1. The van der Waals surface area contributed by atoms with Crippen molar-refractivity contribution in [2.75, 3.05) is 90.3 Å². The fraction of sp³-hybridized carbons (Fsp3) is 0.577. The Labute approximate surface area is 217 Å². The molecule has 1 aliphatic carbocycles. The number of morpholine rings is 2. The van der Waals surface area contributed by atoms with Crippen LogP contribution in [-0.2, 0) is 15.9 Å². The fourth-order valence-corrected chi connectivity index (χ4v) is 4.80. The average Bonchev–Trinajstić information content (AvgIpc) is 2.96. The lowest BCUT2D eigenvalue weighted by molar-refractivity contribution is 0.0317.